The number of aryl methyl sites for hydroxylation is 2. The molecule has 3 heterocycles. The molecule has 0 radical (unpaired) electrons. The molecule has 1 aromatic heterocycles. The van der Waals surface area contributed by atoms with E-state index in [0.717, 1.165) is 62.6 Å². The predicted molar refractivity (Wildman–Crippen MR) is 111 cm³/mol. The Hall–Kier alpha value is -2.18. The van der Waals surface area contributed by atoms with E-state index in [9.17, 15) is 4.79 Å². The summed E-state index contributed by atoms with van der Waals surface area (Å²) in [5.74, 6) is 0.194. The Morgan fingerprint density at radius 2 is 2.04 bits per heavy atom. The Kier molecular flexibility index (Phi) is 5.25. The zero-order valence-corrected chi connectivity index (χ0v) is 17.2. The standard InChI is InChI=1S/C22H31N5O/c1-17-13-18(2)27(24-17)20-6-4-5-19(14-20)15-26-12-11-25(3)22(16-26)8-7-21(28)23-10-9-22/h4-6,13-14H,7-12,15-16H2,1-3H3,(H,23,28)/t22-/m1/s1. The number of piperazine rings is 1. The minimum absolute atomic E-state index is 0.102. The lowest BCUT2D eigenvalue weighted by Crippen LogP contribution is -2.60. The van der Waals surface area contributed by atoms with Crippen molar-refractivity contribution in [3.8, 4) is 5.69 Å². The molecule has 0 bridgehead atoms. The summed E-state index contributed by atoms with van der Waals surface area (Å²) < 4.78 is 2.02. The first-order valence-electron chi connectivity index (χ1n) is 10.3. The van der Waals surface area contributed by atoms with Crippen molar-refractivity contribution in [2.75, 3.05) is 33.2 Å². The Morgan fingerprint density at radius 1 is 1.18 bits per heavy atom. The van der Waals surface area contributed by atoms with Crippen LogP contribution in [0.5, 0.6) is 0 Å². The van der Waals surface area contributed by atoms with E-state index in [4.69, 9.17) is 0 Å². The maximum Gasteiger partial charge on any atom is 0.220 e. The number of benzene rings is 1. The van der Waals surface area contributed by atoms with Crippen molar-refractivity contribution >= 4 is 5.91 Å². The summed E-state index contributed by atoms with van der Waals surface area (Å²) in [6.07, 6.45) is 2.60. The van der Waals surface area contributed by atoms with Gasteiger partial charge in [0.05, 0.1) is 11.4 Å². The van der Waals surface area contributed by atoms with Crippen LogP contribution in [0.2, 0.25) is 0 Å². The average molecular weight is 382 g/mol. The predicted octanol–water partition coefficient (Wildman–Crippen LogP) is 2.28. The van der Waals surface area contributed by atoms with Gasteiger partial charge in [-0.15, -0.1) is 0 Å². The molecule has 0 aliphatic carbocycles. The summed E-state index contributed by atoms with van der Waals surface area (Å²) >= 11 is 0. The van der Waals surface area contributed by atoms with Gasteiger partial charge in [-0.25, -0.2) is 4.68 Å². The van der Waals surface area contributed by atoms with Gasteiger partial charge in [0.25, 0.3) is 0 Å². The SMILES string of the molecule is Cc1cc(C)n(-c2cccc(CN3CCN(C)[C@]4(CCNC(=O)CC4)C3)c2)n1. The largest absolute Gasteiger partial charge is 0.356 e. The van der Waals surface area contributed by atoms with Crippen molar-refractivity contribution in [3.05, 3.63) is 47.3 Å². The Balaban J connectivity index is 1.50. The van der Waals surface area contributed by atoms with Crippen LogP contribution in [0.25, 0.3) is 5.69 Å². The molecule has 1 amide bonds. The molecule has 0 saturated carbocycles. The van der Waals surface area contributed by atoms with Crippen LogP contribution in [0.4, 0.5) is 0 Å². The third kappa shape index (κ3) is 3.84. The van der Waals surface area contributed by atoms with E-state index in [-0.39, 0.29) is 11.4 Å². The highest BCUT2D eigenvalue weighted by Gasteiger charge is 2.40. The fraction of sp³-hybridized carbons (Fsp3) is 0.545. The molecular weight excluding hydrogens is 350 g/mol. The molecule has 2 aromatic rings. The Morgan fingerprint density at radius 3 is 2.82 bits per heavy atom. The first kappa shape index (κ1) is 19.2. The van der Waals surface area contributed by atoms with Crippen LogP contribution in [0.1, 0.15) is 36.2 Å². The summed E-state index contributed by atoms with van der Waals surface area (Å²) in [6, 6.07) is 10.8. The number of nitrogens with one attached hydrogen (secondary N) is 1. The molecule has 0 unspecified atom stereocenters. The highest BCUT2D eigenvalue weighted by Crippen LogP contribution is 2.31. The smallest absolute Gasteiger partial charge is 0.220 e. The van der Waals surface area contributed by atoms with E-state index >= 15 is 0 Å². The van der Waals surface area contributed by atoms with E-state index in [1.807, 2.05) is 11.6 Å². The van der Waals surface area contributed by atoms with Gasteiger partial charge in [-0.05, 0) is 57.5 Å². The summed E-state index contributed by atoms with van der Waals surface area (Å²) in [6.45, 7) is 8.97. The molecule has 150 valence electrons. The molecule has 1 spiro atoms. The lowest BCUT2D eigenvalue weighted by Gasteiger charge is -2.49. The first-order valence-corrected chi connectivity index (χ1v) is 10.3. The number of nitrogens with zero attached hydrogens (tertiary/aromatic N) is 4. The zero-order valence-electron chi connectivity index (χ0n) is 17.2. The minimum Gasteiger partial charge on any atom is -0.356 e. The molecule has 2 aliphatic heterocycles. The second kappa shape index (κ2) is 7.68. The van der Waals surface area contributed by atoms with Crippen molar-refractivity contribution in [2.45, 2.75) is 45.2 Å². The van der Waals surface area contributed by atoms with Crippen LogP contribution in [0.3, 0.4) is 0 Å². The normalized spacial score (nSPS) is 24.3. The third-order valence-corrected chi connectivity index (χ3v) is 6.38. The van der Waals surface area contributed by atoms with Crippen molar-refractivity contribution in [3.63, 3.8) is 0 Å². The average Bonchev–Trinajstić information content (AvgIpc) is 2.90. The lowest BCUT2D eigenvalue weighted by molar-refractivity contribution is -0.121. The molecule has 2 aliphatic rings. The van der Waals surface area contributed by atoms with E-state index < -0.39 is 0 Å². The maximum absolute atomic E-state index is 11.8. The van der Waals surface area contributed by atoms with Gasteiger partial charge < -0.3 is 5.32 Å². The summed E-state index contributed by atoms with van der Waals surface area (Å²) in [5.41, 5.74) is 4.73. The van der Waals surface area contributed by atoms with Crippen LogP contribution in [-0.4, -0.2) is 64.3 Å². The van der Waals surface area contributed by atoms with E-state index in [0.29, 0.717) is 6.42 Å². The van der Waals surface area contributed by atoms with Gasteiger partial charge in [-0.1, -0.05) is 12.1 Å². The van der Waals surface area contributed by atoms with Gasteiger partial charge >= 0.3 is 0 Å². The van der Waals surface area contributed by atoms with Crippen molar-refractivity contribution in [1.82, 2.24) is 24.9 Å². The highest BCUT2D eigenvalue weighted by molar-refractivity contribution is 5.76. The van der Waals surface area contributed by atoms with Crippen LogP contribution >= 0.6 is 0 Å². The third-order valence-electron chi connectivity index (χ3n) is 6.38. The van der Waals surface area contributed by atoms with Gasteiger partial charge in [0.1, 0.15) is 0 Å². The molecule has 2 fully saturated rings. The minimum atomic E-state index is 0.102. The van der Waals surface area contributed by atoms with Crippen LogP contribution in [0.15, 0.2) is 30.3 Å². The van der Waals surface area contributed by atoms with Crippen LogP contribution < -0.4 is 5.32 Å². The van der Waals surface area contributed by atoms with Gasteiger partial charge in [-0.2, -0.15) is 5.10 Å². The monoisotopic (exact) mass is 381 g/mol. The molecule has 2 saturated heterocycles. The summed E-state index contributed by atoms with van der Waals surface area (Å²) in [4.78, 5) is 16.9. The van der Waals surface area contributed by atoms with Gasteiger partial charge in [0.15, 0.2) is 0 Å². The lowest BCUT2D eigenvalue weighted by atomic mass is 9.86. The van der Waals surface area contributed by atoms with Crippen molar-refractivity contribution in [2.24, 2.45) is 0 Å². The molecule has 6 nitrogen and oxygen atoms in total. The van der Waals surface area contributed by atoms with Gasteiger partial charge in [0.2, 0.25) is 5.91 Å². The molecule has 28 heavy (non-hydrogen) atoms. The summed E-state index contributed by atoms with van der Waals surface area (Å²) in [5, 5.41) is 7.66. The topological polar surface area (TPSA) is 53.4 Å². The fourth-order valence-corrected chi connectivity index (χ4v) is 4.75. The van der Waals surface area contributed by atoms with Crippen LogP contribution in [0, 0.1) is 13.8 Å². The Labute approximate surface area is 167 Å². The maximum atomic E-state index is 11.8. The van der Waals surface area contributed by atoms with E-state index in [2.05, 4.69) is 64.5 Å². The number of carbonyl (C=O) groups excluding carboxylic acids is 1. The number of likely N-dealkylation sites (N-methyl/N-ethyl adjacent to an activating group) is 1. The molecule has 1 aromatic carbocycles. The van der Waals surface area contributed by atoms with Crippen molar-refractivity contribution < 1.29 is 4.79 Å². The number of aromatic nitrogens is 2. The zero-order chi connectivity index (χ0) is 19.7. The van der Waals surface area contributed by atoms with Crippen LogP contribution in [-0.2, 0) is 11.3 Å². The second-order valence-electron chi connectivity index (χ2n) is 8.47. The number of amides is 1. The molecule has 4 rings (SSSR count). The first-order chi connectivity index (χ1) is 13.4. The summed E-state index contributed by atoms with van der Waals surface area (Å²) in [7, 11) is 2.22. The molecule has 1 atom stereocenters. The van der Waals surface area contributed by atoms with Crippen molar-refractivity contribution in [1.29, 1.82) is 0 Å². The number of hydrogen-bond donors (Lipinski definition) is 1. The second-order valence-corrected chi connectivity index (χ2v) is 8.47. The van der Waals surface area contributed by atoms with E-state index in [1.54, 1.807) is 0 Å². The fourth-order valence-electron chi connectivity index (χ4n) is 4.75. The number of rotatable bonds is 3. The molecular formula is C22H31N5O. The van der Waals surface area contributed by atoms with E-state index in [1.165, 1.54) is 5.56 Å². The highest BCUT2D eigenvalue weighted by atomic mass is 16.1. The van der Waals surface area contributed by atoms with Gasteiger partial charge in [-0.3, -0.25) is 14.6 Å². The Bertz CT molecular complexity index is 860. The number of hydrogen-bond acceptors (Lipinski definition) is 4. The quantitative estimate of drug-likeness (QED) is 0.886. The van der Waals surface area contributed by atoms with Gasteiger partial charge in [0, 0.05) is 50.4 Å². The molecule has 1 N–H and O–H groups in total. The number of carbonyl (C=O) groups is 1. The molecule has 6 heteroatoms.